The summed E-state index contributed by atoms with van der Waals surface area (Å²) in [6, 6.07) is 8.07. The molecular formula is C14H16ClN5. The second-order valence-electron chi connectivity index (χ2n) is 4.75. The summed E-state index contributed by atoms with van der Waals surface area (Å²) in [6.07, 6.45) is 1.66. The molecule has 0 saturated carbocycles. The topological polar surface area (TPSA) is 47.7 Å². The monoisotopic (exact) mass is 289 g/mol. The molecule has 20 heavy (non-hydrogen) atoms. The van der Waals surface area contributed by atoms with E-state index < -0.39 is 0 Å². The number of para-hydroxylation sites is 1. The third-order valence-corrected chi connectivity index (χ3v) is 3.85. The van der Waals surface area contributed by atoms with Gasteiger partial charge in [0.25, 0.3) is 0 Å². The molecule has 1 unspecified atom stereocenters. The zero-order valence-corrected chi connectivity index (χ0v) is 12.4. The highest BCUT2D eigenvalue weighted by Crippen LogP contribution is 2.31. The first-order chi connectivity index (χ1) is 9.63. The number of fused-ring (bicyclic) bond motifs is 1. The van der Waals surface area contributed by atoms with Crippen LogP contribution < -0.4 is 5.32 Å². The van der Waals surface area contributed by atoms with Crippen LogP contribution in [0.2, 0.25) is 5.02 Å². The molecule has 3 aromatic rings. The quantitative estimate of drug-likeness (QED) is 0.805. The highest BCUT2D eigenvalue weighted by Gasteiger charge is 2.24. The fourth-order valence-electron chi connectivity index (χ4n) is 2.60. The lowest BCUT2D eigenvalue weighted by atomic mass is 10.1. The number of hydrogen-bond acceptors (Lipinski definition) is 3. The van der Waals surface area contributed by atoms with Crippen LogP contribution in [-0.2, 0) is 14.1 Å². The summed E-state index contributed by atoms with van der Waals surface area (Å²) < 4.78 is 3.67. The first-order valence-electron chi connectivity index (χ1n) is 6.39. The standard InChI is InChI=1S/C14H16ClN5/c1-16-13(14-10(15)8-17-20(14)3)12-9-6-4-5-7-11(9)19(2)18-12/h4-8,13,16H,1-3H3. The van der Waals surface area contributed by atoms with Crippen LogP contribution in [0.1, 0.15) is 17.4 Å². The molecule has 5 nitrogen and oxygen atoms in total. The van der Waals surface area contributed by atoms with E-state index in [1.807, 2.05) is 38.0 Å². The van der Waals surface area contributed by atoms with Gasteiger partial charge in [-0.3, -0.25) is 9.36 Å². The lowest BCUT2D eigenvalue weighted by Crippen LogP contribution is -2.22. The summed E-state index contributed by atoms with van der Waals surface area (Å²) in [4.78, 5) is 0. The molecule has 0 saturated heterocycles. The number of nitrogens with one attached hydrogen (secondary N) is 1. The van der Waals surface area contributed by atoms with E-state index in [0.29, 0.717) is 5.02 Å². The minimum Gasteiger partial charge on any atom is -0.307 e. The number of halogens is 1. The van der Waals surface area contributed by atoms with E-state index in [2.05, 4.69) is 27.6 Å². The average Bonchev–Trinajstić information content (AvgIpc) is 2.95. The van der Waals surface area contributed by atoms with Gasteiger partial charge in [-0.2, -0.15) is 10.2 Å². The zero-order valence-electron chi connectivity index (χ0n) is 11.6. The van der Waals surface area contributed by atoms with Crippen molar-refractivity contribution in [1.29, 1.82) is 0 Å². The maximum Gasteiger partial charge on any atom is 0.0959 e. The van der Waals surface area contributed by atoms with E-state index in [4.69, 9.17) is 11.6 Å². The molecule has 1 atom stereocenters. The summed E-state index contributed by atoms with van der Waals surface area (Å²) >= 11 is 6.27. The van der Waals surface area contributed by atoms with Crippen molar-refractivity contribution in [1.82, 2.24) is 24.9 Å². The van der Waals surface area contributed by atoms with Crippen molar-refractivity contribution in [2.75, 3.05) is 7.05 Å². The number of aromatic nitrogens is 4. The minimum atomic E-state index is -0.0962. The third kappa shape index (κ3) is 1.90. The lowest BCUT2D eigenvalue weighted by Gasteiger charge is -2.15. The average molecular weight is 290 g/mol. The number of hydrogen-bond donors (Lipinski definition) is 1. The Morgan fingerprint density at radius 2 is 1.95 bits per heavy atom. The molecule has 3 rings (SSSR count). The van der Waals surface area contributed by atoms with Crippen LogP contribution in [0.25, 0.3) is 10.9 Å². The van der Waals surface area contributed by atoms with Crippen molar-refractivity contribution in [2.45, 2.75) is 6.04 Å². The van der Waals surface area contributed by atoms with Gasteiger partial charge in [0.2, 0.25) is 0 Å². The number of aryl methyl sites for hydroxylation is 2. The van der Waals surface area contributed by atoms with Crippen molar-refractivity contribution in [2.24, 2.45) is 14.1 Å². The normalized spacial score (nSPS) is 13.0. The predicted octanol–water partition coefficient (Wildman–Crippen LogP) is 2.27. The molecular weight excluding hydrogens is 274 g/mol. The van der Waals surface area contributed by atoms with Gasteiger partial charge in [0.15, 0.2) is 0 Å². The smallest absolute Gasteiger partial charge is 0.0959 e. The van der Waals surface area contributed by atoms with E-state index in [1.54, 1.807) is 10.9 Å². The van der Waals surface area contributed by atoms with Gasteiger partial charge in [-0.15, -0.1) is 0 Å². The van der Waals surface area contributed by atoms with Gasteiger partial charge >= 0.3 is 0 Å². The van der Waals surface area contributed by atoms with Crippen LogP contribution in [0.4, 0.5) is 0 Å². The van der Waals surface area contributed by atoms with Crippen LogP contribution in [0, 0.1) is 0 Å². The molecule has 0 spiro atoms. The SMILES string of the molecule is CNC(c1nn(C)c2ccccc12)c1c(Cl)cnn1C. The van der Waals surface area contributed by atoms with Crippen LogP contribution in [0.15, 0.2) is 30.5 Å². The fourth-order valence-corrected chi connectivity index (χ4v) is 2.88. The van der Waals surface area contributed by atoms with Gasteiger partial charge in [-0.1, -0.05) is 29.8 Å². The van der Waals surface area contributed by atoms with Crippen LogP contribution >= 0.6 is 11.6 Å². The fraction of sp³-hybridized carbons (Fsp3) is 0.286. The van der Waals surface area contributed by atoms with Crippen molar-refractivity contribution in [3.05, 3.63) is 46.9 Å². The Hall–Kier alpha value is -1.85. The predicted molar refractivity (Wildman–Crippen MR) is 79.8 cm³/mol. The number of rotatable bonds is 3. The van der Waals surface area contributed by atoms with Gasteiger partial charge < -0.3 is 5.32 Å². The maximum absolute atomic E-state index is 6.27. The molecule has 0 radical (unpaired) electrons. The molecule has 0 fully saturated rings. The molecule has 0 bridgehead atoms. The molecule has 0 aliphatic heterocycles. The summed E-state index contributed by atoms with van der Waals surface area (Å²) in [6.45, 7) is 0. The van der Waals surface area contributed by atoms with Crippen LogP contribution in [0.5, 0.6) is 0 Å². The Morgan fingerprint density at radius 1 is 1.20 bits per heavy atom. The maximum atomic E-state index is 6.27. The Labute approximate surface area is 122 Å². The Kier molecular flexibility index (Phi) is 3.23. The molecule has 0 amide bonds. The summed E-state index contributed by atoms with van der Waals surface area (Å²) in [5, 5.41) is 13.9. The minimum absolute atomic E-state index is 0.0962. The molecule has 1 N–H and O–H groups in total. The second kappa shape index (κ2) is 4.92. The Bertz CT molecular complexity index is 739. The van der Waals surface area contributed by atoms with E-state index in [-0.39, 0.29) is 6.04 Å². The molecule has 0 aliphatic carbocycles. The summed E-state index contributed by atoms with van der Waals surface area (Å²) in [5.41, 5.74) is 2.97. The Balaban J connectivity index is 2.23. The first kappa shape index (κ1) is 13.1. The van der Waals surface area contributed by atoms with Crippen LogP contribution in [0.3, 0.4) is 0 Å². The van der Waals surface area contributed by atoms with E-state index in [9.17, 15) is 0 Å². The van der Waals surface area contributed by atoms with Gasteiger partial charge in [-0.25, -0.2) is 0 Å². The van der Waals surface area contributed by atoms with Gasteiger partial charge in [-0.05, 0) is 13.1 Å². The molecule has 1 aromatic carbocycles. The third-order valence-electron chi connectivity index (χ3n) is 3.56. The summed E-state index contributed by atoms with van der Waals surface area (Å²) in [7, 11) is 5.73. The van der Waals surface area contributed by atoms with Crippen molar-refractivity contribution < 1.29 is 0 Å². The Morgan fingerprint density at radius 3 is 2.60 bits per heavy atom. The van der Waals surface area contributed by atoms with E-state index >= 15 is 0 Å². The molecule has 0 aliphatic rings. The van der Waals surface area contributed by atoms with Gasteiger partial charge in [0, 0.05) is 19.5 Å². The largest absolute Gasteiger partial charge is 0.307 e. The highest BCUT2D eigenvalue weighted by atomic mass is 35.5. The van der Waals surface area contributed by atoms with Crippen LogP contribution in [-0.4, -0.2) is 26.6 Å². The number of nitrogens with zero attached hydrogens (tertiary/aromatic N) is 4. The van der Waals surface area contributed by atoms with E-state index in [0.717, 1.165) is 22.3 Å². The highest BCUT2D eigenvalue weighted by molar-refractivity contribution is 6.31. The lowest BCUT2D eigenvalue weighted by molar-refractivity contribution is 0.586. The number of benzene rings is 1. The molecule has 6 heteroatoms. The van der Waals surface area contributed by atoms with Crippen molar-refractivity contribution >= 4 is 22.5 Å². The second-order valence-corrected chi connectivity index (χ2v) is 5.16. The zero-order chi connectivity index (χ0) is 14.3. The molecule has 2 aromatic heterocycles. The van der Waals surface area contributed by atoms with Crippen molar-refractivity contribution in [3.8, 4) is 0 Å². The van der Waals surface area contributed by atoms with Crippen molar-refractivity contribution in [3.63, 3.8) is 0 Å². The van der Waals surface area contributed by atoms with Gasteiger partial charge in [0.1, 0.15) is 0 Å². The summed E-state index contributed by atoms with van der Waals surface area (Å²) in [5.74, 6) is 0. The van der Waals surface area contributed by atoms with E-state index in [1.165, 1.54) is 0 Å². The first-order valence-corrected chi connectivity index (χ1v) is 6.77. The molecule has 2 heterocycles. The molecule has 104 valence electrons. The van der Waals surface area contributed by atoms with Gasteiger partial charge in [0.05, 0.1) is 34.2 Å².